The van der Waals surface area contributed by atoms with Crippen molar-refractivity contribution in [2.45, 2.75) is 6.54 Å². The largest absolute Gasteiger partial charge is 0.395 e. The lowest BCUT2D eigenvalue weighted by atomic mass is 10.2. The molecule has 0 aliphatic rings. The monoisotopic (exact) mass is 346 g/mol. The van der Waals surface area contributed by atoms with E-state index in [1.54, 1.807) is 4.68 Å². The molecule has 0 saturated heterocycles. The molecule has 0 unspecified atom stereocenters. The minimum Gasteiger partial charge on any atom is -0.395 e. The normalized spacial score (nSPS) is 11.0. The van der Waals surface area contributed by atoms with Gasteiger partial charge in [0, 0.05) is 12.1 Å². The van der Waals surface area contributed by atoms with Crippen molar-refractivity contribution in [2.75, 3.05) is 18.5 Å². The van der Waals surface area contributed by atoms with Gasteiger partial charge in [-0.25, -0.2) is 14.6 Å². The van der Waals surface area contributed by atoms with Crippen molar-refractivity contribution in [3.05, 3.63) is 66.2 Å². The molecule has 2 heterocycles. The maximum absolute atomic E-state index is 9.14. The molecular formula is C19H18N6O. The number of rotatable bonds is 6. The number of hydrogen-bond donors (Lipinski definition) is 2. The van der Waals surface area contributed by atoms with E-state index in [4.69, 9.17) is 10.1 Å². The van der Waals surface area contributed by atoms with E-state index in [1.807, 2.05) is 60.7 Å². The van der Waals surface area contributed by atoms with Gasteiger partial charge < -0.3 is 10.4 Å². The molecule has 2 aromatic heterocycles. The molecule has 0 bridgehead atoms. The van der Waals surface area contributed by atoms with E-state index in [0.717, 1.165) is 11.1 Å². The van der Waals surface area contributed by atoms with Crippen LogP contribution >= 0.6 is 0 Å². The van der Waals surface area contributed by atoms with Crippen molar-refractivity contribution in [3.8, 4) is 11.4 Å². The summed E-state index contributed by atoms with van der Waals surface area (Å²) in [6.45, 7) is 0.957. The number of nitrogens with zero attached hydrogens (tertiary/aromatic N) is 5. The lowest BCUT2D eigenvalue weighted by Gasteiger charge is -2.08. The third-order valence-electron chi connectivity index (χ3n) is 3.97. The Morgan fingerprint density at radius 1 is 0.923 bits per heavy atom. The Balaban J connectivity index is 1.82. The van der Waals surface area contributed by atoms with Crippen molar-refractivity contribution in [2.24, 2.45) is 0 Å². The maximum Gasteiger partial charge on any atom is 0.184 e. The fraction of sp³-hybridized carbons (Fsp3) is 0.158. The number of anilines is 1. The van der Waals surface area contributed by atoms with Gasteiger partial charge in [0.2, 0.25) is 0 Å². The topological polar surface area (TPSA) is 88.8 Å². The van der Waals surface area contributed by atoms with Gasteiger partial charge in [0.05, 0.1) is 13.2 Å². The summed E-state index contributed by atoms with van der Waals surface area (Å²) in [7, 11) is 0. The SMILES string of the molecule is OCCNc1nc(-c2ccccc2)nc2c1nnn2Cc1ccccc1. The Kier molecular flexibility index (Phi) is 4.53. The summed E-state index contributed by atoms with van der Waals surface area (Å²) in [4.78, 5) is 9.27. The fourth-order valence-electron chi connectivity index (χ4n) is 2.73. The molecule has 0 saturated carbocycles. The highest BCUT2D eigenvalue weighted by molar-refractivity contribution is 5.84. The number of fused-ring (bicyclic) bond motifs is 1. The molecule has 4 aromatic rings. The molecule has 0 aliphatic heterocycles. The highest BCUT2D eigenvalue weighted by Gasteiger charge is 2.15. The van der Waals surface area contributed by atoms with E-state index < -0.39 is 0 Å². The van der Waals surface area contributed by atoms with Crippen molar-refractivity contribution in [3.63, 3.8) is 0 Å². The number of nitrogens with one attached hydrogen (secondary N) is 1. The zero-order valence-corrected chi connectivity index (χ0v) is 14.1. The molecule has 0 spiro atoms. The zero-order valence-electron chi connectivity index (χ0n) is 14.1. The molecule has 26 heavy (non-hydrogen) atoms. The molecule has 2 N–H and O–H groups in total. The van der Waals surface area contributed by atoms with Crippen molar-refractivity contribution in [1.82, 2.24) is 25.0 Å². The van der Waals surface area contributed by atoms with E-state index >= 15 is 0 Å². The first-order valence-corrected chi connectivity index (χ1v) is 8.40. The summed E-state index contributed by atoms with van der Waals surface area (Å²) in [5.74, 6) is 1.16. The summed E-state index contributed by atoms with van der Waals surface area (Å²) in [6.07, 6.45) is 0. The first-order chi connectivity index (χ1) is 12.8. The van der Waals surface area contributed by atoms with Crippen molar-refractivity contribution >= 4 is 17.0 Å². The Morgan fingerprint density at radius 3 is 2.38 bits per heavy atom. The Labute approximate surface area is 150 Å². The molecule has 0 radical (unpaired) electrons. The zero-order chi connectivity index (χ0) is 17.8. The predicted molar refractivity (Wildman–Crippen MR) is 99.7 cm³/mol. The highest BCUT2D eigenvalue weighted by Crippen LogP contribution is 2.23. The van der Waals surface area contributed by atoms with Crippen LogP contribution in [0.5, 0.6) is 0 Å². The first kappa shape index (κ1) is 16.2. The van der Waals surface area contributed by atoms with Gasteiger partial charge >= 0.3 is 0 Å². The molecule has 0 fully saturated rings. The van der Waals surface area contributed by atoms with E-state index in [-0.39, 0.29) is 6.61 Å². The molecule has 2 aromatic carbocycles. The van der Waals surface area contributed by atoms with Gasteiger partial charge in [0.15, 0.2) is 22.8 Å². The predicted octanol–water partition coefficient (Wildman–Crippen LogP) is 2.34. The molecular weight excluding hydrogens is 328 g/mol. The van der Waals surface area contributed by atoms with Crippen LogP contribution in [0.2, 0.25) is 0 Å². The van der Waals surface area contributed by atoms with Crippen molar-refractivity contribution < 1.29 is 5.11 Å². The lowest BCUT2D eigenvalue weighted by Crippen LogP contribution is -2.09. The Morgan fingerprint density at radius 2 is 1.65 bits per heavy atom. The quantitative estimate of drug-likeness (QED) is 0.557. The second kappa shape index (κ2) is 7.28. The number of aliphatic hydroxyl groups is 1. The van der Waals surface area contributed by atoms with E-state index in [9.17, 15) is 0 Å². The van der Waals surface area contributed by atoms with Crippen molar-refractivity contribution in [1.29, 1.82) is 0 Å². The lowest BCUT2D eigenvalue weighted by molar-refractivity contribution is 0.311. The summed E-state index contributed by atoms with van der Waals surface area (Å²) < 4.78 is 1.77. The summed E-state index contributed by atoms with van der Waals surface area (Å²) >= 11 is 0. The van der Waals surface area contributed by atoms with E-state index in [2.05, 4.69) is 20.6 Å². The molecule has 7 nitrogen and oxygen atoms in total. The molecule has 0 atom stereocenters. The fourth-order valence-corrected chi connectivity index (χ4v) is 2.73. The van der Waals surface area contributed by atoms with Gasteiger partial charge in [-0.2, -0.15) is 0 Å². The first-order valence-electron chi connectivity index (χ1n) is 8.40. The van der Waals surface area contributed by atoms with Crippen LogP contribution in [0.3, 0.4) is 0 Å². The third kappa shape index (κ3) is 3.25. The number of hydrogen-bond acceptors (Lipinski definition) is 6. The Bertz CT molecular complexity index is 1000. The van der Waals surface area contributed by atoms with Crippen LogP contribution in [0.4, 0.5) is 5.82 Å². The van der Waals surface area contributed by atoms with Crippen LogP contribution in [0.1, 0.15) is 5.56 Å². The van der Waals surface area contributed by atoms with Crippen LogP contribution in [0.15, 0.2) is 60.7 Å². The smallest absolute Gasteiger partial charge is 0.184 e. The van der Waals surface area contributed by atoms with Crippen LogP contribution in [-0.4, -0.2) is 43.2 Å². The van der Waals surface area contributed by atoms with Crippen LogP contribution in [0, 0.1) is 0 Å². The number of aliphatic hydroxyl groups excluding tert-OH is 1. The summed E-state index contributed by atoms with van der Waals surface area (Å²) in [5.41, 5.74) is 3.27. The average molecular weight is 346 g/mol. The summed E-state index contributed by atoms with van der Waals surface area (Å²) in [5, 5.41) is 20.7. The van der Waals surface area contributed by atoms with Crippen LogP contribution < -0.4 is 5.32 Å². The van der Waals surface area contributed by atoms with Gasteiger partial charge in [0.1, 0.15) is 0 Å². The summed E-state index contributed by atoms with van der Waals surface area (Å²) in [6, 6.07) is 19.8. The van der Waals surface area contributed by atoms with Gasteiger partial charge in [-0.1, -0.05) is 65.9 Å². The highest BCUT2D eigenvalue weighted by atomic mass is 16.3. The molecule has 0 amide bonds. The second-order valence-corrected chi connectivity index (χ2v) is 5.82. The minimum absolute atomic E-state index is 0.00428. The number of benzene rings is 2. The third-order valence-corrected chi connectivity index (χ3v) is 3.97. The van der Waals surface area contributed by atoms with Gasteiger partial charge in [-0.15, -0.1) is 5.10 Å². The molecule has 0 aliphatic carbocycles. The Hall–Kier alpha value is -3.32. The molecule has 7 heteroatoms. The second-order valence-electron chi connectivity index (χ2n) is 5.82. The van der Waals surface area contributed by atoms with Gasteiger partial charge in [0.25, 0.3) is 0 Å². The molecule has 130 valence electrons. The minimum atomic E-state index is 0.00428. The van der Waals surface area contributed by atoms with Crippen LogP contribution in [0.25, 0.3) is 22.6 Å². The van der Waals surface area contributed by atoms with Gasteiger partial charge in [-0.3, -0.25) is 0 Å². The molecule has 4 rings (SSSR count). The van der Waals surface area contributed by atoms with Crippen LogP contribution in [-0.2, 0) is 6.54 Å². The van der Waals surface area contributed by atoms with Gasteiger partial charge in [-0.05, 0) is 5.56 Å². The van der Waals surface area contributed by atoms with E-state index in [0.29, 0.717) is 35.9 Å². The number of aromatic nitrogens is 5. The average Bonchev–Trinajstić information content (AvgIpc) is 3.10. The maximum atomic E-state index is 9.14. The standard InChI is InChI=1S/C19H18N6O/c26-12-11-20-18-16-19(22-17(21-18)15-9-5-2-6-10-15)25(24-23-16)13-14-7-3-1-4-8-14/h1-10,26H,11-13H2,(H,20,21,22). The van der Waals surface area contributed by atoms with E-state index in [1.165, 1.54) is 0 Å².